The molecule has 0 unspecified atom stereocenters. The number of carbonyl (C=O) groups is 2. The molecular weight excluding hydrogens is 368 g/mol. The molecule has 0 aromatic carbocycles. The maximum atomic E-state index is 12.5. The van der Waals surface area contributed by atoms with Gasteiger partial charge in [0.15, 0.2) is 5.82 Å². The van der Waals surface area contributed by atoms with Gasteiger partial charge in [-0.25, -0.2) is 9.78 Å². The van der Waals surface area contributed by atoms with Crippen LogP contribution in [0.2, 0.25) is 0 Å². The van der Waals surface area contributed by atoms with E-state index in [4.69, 9.17) is 16.3 Å². The quantitative estimate of drug-likeness (QED) is 0.569. The van der Waals surface area contributed by atoms with Crippen LogP contribution in [0.3, 0.4) is 0 Å². The Morgan fingerprint density at radius 1 is 1.33 bits per heavy atom. The first-order valence-corrected chi connectivity index (χ1v) is 9.42. The molecule has 3 heterocycles. The lowest BCUT2D eigenvalue weighted by molar-refractivity contribution is 0.0200. The van der Waals surface area contributed by atoms with Crippen molar-refractivity contribution in [3.05, 3.63) is 24.5 Å². The molecular formula is C19H25ClN4O3. The highest BCUT2D eigenvalue weighted by atomic mass is 35.5. The third-order valence-corrected chi connectivity index (χ3v) is 4.78. The van der Waals surface area contributed by atoms with E-state index in [1.165, 1.54) is 4.90 Å². The Bertz CT molecular complexity index is 858. The number of aromatic nitrogens is 2. The highest BCUT2D eigenvalue weighted by Crippen LogP contribution is 2.30. The molecule has 0 aliphatic carbocycles. The summed E-state index contributed by atoms with van der Waals surface area (Å²) in [7, 11) is 1.90. The van der Waals surface area contributed by atoms with Crippen LogP contribution in [0.15, 0.2) is 24.5 Å². The van der Waals surface area contributed by atoms with Gasteiger partial charge >= 0.3 is 11.5 Å². The number of fused-ring (bicyclic) bond motifs is 1. The van der Waals surface area contributed by atoms with Crippen molar-refractivity contribution < 1.29 is 14.3 Å². The fraction of sp³-hybridized carbons (Fsp3) is 0.526. The number of nitrogens with zero attached hydrogens (tertiary/aromatic N) is 4. The zero-order chi connectivity index (χ0) is 19.8. The van der Waals surface area contributed by atoms with E-state index in [-0.39, 0.29) is 12.1 Å². The van der Waals surface area contributed by atoms with Gasteiger partial charge in [-0.2, -0.15) is 0 Å². The van der Waals surface area contributed by atoms with Crippen molar-refractivity contribution in [2.75, 3.05) is 18.0 Å². The summed E-state index contributed by atoms with van der Waals surface area (Å²) in [5.41, 5.74) is 0.267. The minimum atomic E-state index is -0.604. The molecule has 1 fully saturated rings. The van der Waals surface area contributed by atoms with Gasteiger partial charge in [-0.15, -0.1) is 0 Å². The third-order valence-electron chi connectivity index (χ3n) is 4.60. The van der Waals surface area contributed by atoms with Gasteiger partial charge in [0, 0.05) is 37.9 Å². The van der Waals surface area contributed by atoms with E-state index in [2.05, 4.69) is 4.98 Å². The van der Waals surface area contributed by atoms with E-state index < -0.39 is 11.0 Å². The van der Waals surface area contributed by atoms with Gasteiger partial charge in [-0.05, 0) is 57.3 Å². The topological polar surface area (TPSA) is 67.7 Å². The van der Waals surface area contributed by atoms with Gasteiger partial charge in [0.25, 0.3) is 0 Å². The molecule has 2 aromatic rings. The van der Waals surface area contributed by atoms with Crippen molar-refractivity contribution >= 4 is 39.8 Å². The number of ether oxygens (including phenoxy) is 1. The van der Waals surface area contributed by atoms with E-state index >= 15 is 0 Å². The molecule has 0 radical (unpaired) electrons. The van der Waals surface area contributed by atoms with Gasteiger partial charge in [0.1, 0.15) is 5.60 Å². The second-order valence-electron chi connectivity index (χ2n) is 7.84. The van der Waals surface area contributed by atoms with Crippen molar-refractivity contribution in [3.8, 4) is 0 Å². The third kappa shape index (κ3) is 4.18. The van der Waals surface area contributed by atoms with E-state index in [1.54, 1.807) is 11.1 Å². The number of hydrogen-bond donors (Lipinski definition) is 0. The van der Waals surface area contributed by atoms with Gasteiger partial charge < -0.3 is 14.2 Å². The summed E-state index contributed by atoms with van der Waals surface area (Å²) in [5, 5.41) is 0.373. The average molecular weight is 393 g/mol. The largest absolute Gasteiger partial charge is 0.444 e. The lowest BCUT2D eigenvalue weighted by Crippen LogP contribution is -2.52. The minimum absolute atomic E-state index is 0.260. The Morgan fingerprint density at radius 3 is 2.74 bits per heavy atom. The van der Waals surface area contributed by atoms with Crippen LogP contribution in [0.1, 0.15) is 33.6 Å². The first kappa shape index (κ1) is 19.5. The summed E-state index contributed by atoms with van der Waals surface area (Å²) in [5.74, 6) is 0.510. The smallest absolute Gasteiger partial charge is 0.410 e. The van der Waals surface area contributed by atoms with E-state index in [9.17, 15) is 9.59 Å². The van der Waals surface area contributed by atoms with Crippen LogP contribution in [0.5, 0.6) is 0 Å². The molecule has 0 spiro atoms. The highest BCUT2D eigenvalue weighted by Gasteiger charge is 2.34. The number of rotatable bonds is 2. The van der Waals surface area contributed by atoms with Crippen molar-refractivity contribution in [1.82, 2.24) is 14.5 Å². The van der Waals surface area contributed by atoms with Gasteiger partial charge in [0.05, 0.1) is 11.6 Å². The van der Waals surface area contributed by atoms with Gasteiger partial charge in [-0.1, -0.05) is 0 Å². The molecule has 1 saturated heterocycles. The molecule has 0 bridgehead atoms. The summed E-state index contributed by atoms with van der Waals surface area (Å²) < 4.78 is 7.39. The molecule has 146 valence electrons. The molecule has 0 N–H and O–H groups in total. The monoisotopic (exact) mass is 392 g/mol. The SMILES string of the molecule is Cn1ccc2ccnc(N(C(=O)Cl)[C@@H]3CCCN(C(=O)OC(C)(C)C)C3)c21. The molecule has 1 atom stereocenters. The van der Waals surface area contributed by atoms with Crippen molar-refractivity contribution in [1.29, 1.82) is 0 Å². The van der Waals surface area contributed by atoms with E-state index in [0.717, 1.165) is 23.7 Å². The maximum absolute atomic E-state index is 12.5. The fourth-order valence-corrected chi connectivity index (χ4v) is 3.67. The molecule has 2 aromatic heterocycles. The van der Waals surface area contributed by atoms with E-state index in [0.29, 0.717) is 18.9 Å². The number of pyridine rings is 1. The van der Waals surface area contributed by atoms with Crippen LogP contribution in [0.4, 0.5) is 15.4 Å². The van der Waals surface area contributed by atoms with Crippen LogP contribution in [0.25, 0.3) is 10.9 Å². The Morgan fingerprint density at radius 2 is 2.07 bits per heavy atom. The number of anilines is 1. The molecule has 1 aliphatic heterocycles. The van der Waals surface area contributed by atoms with Crippen molar-refractivity contribution in [2.45, 2.75) is 45.3 Å². The summed E-state index contributed by atoms with van der Waals surface area (Å²) in [6.45, 7) is 6.45. The molecule has 3 rings (SSSR count). The maximum Gasteiger partial charge on any atom is 0.410 e. The summed E-state index contributed by atoms with van der Waals surface area (Å²) in [6.07, 6.45) is 4.70. The summed E-state index contributed by atoms with van der Waals surface area (Å²) >= 11 is 5.97. The van der Waals surface area contributed by atoms with Crippen LogP contribution < -0.4 is 4.90 Å². The zero-order valence-electron chi connectivity index (χ0n) is 16.1. The molecule has 8 heteroatoms. The Balaban J connectivity index is 1.90. The Hall–Kier alpha value is -2.28. The van der Waals surface area contributed by atoms with Crippen LogP contribution in [-0.2, 0) is 11.8 Å². The number of amides is 2. The van der Waals surface area contributed by atoms with Crippen LogP contribution >= 0.6 is 11.6 Å². The number of piperidine rings is 1. The van der Waals surface area contributed by atoms with Gasteiger partial charge in [0.2, 0.25) is 0 Å². The lowest BCUT2D eigenvalue weighted by Gasteiger charge is -2.38. The number of likely N-dealkylation sites (tertiary alicyclic amines) is 1. The lowest BCUT2D eigenvalue weighted by atomic mass is 10.0. The molecule has 7 nitrogen and oxygen atoms in total. The molecule has 0 saturated carbocycles. The second-order valence-corrected chi connectivity index (χ2v) is 8.17. The predicted octanol–water partition coefficient (Wildman–Crippen LogP) is 4.14. The number of hydrogen-bond acceptors (Lipinski definition) is 4. The first-order valence-electron chi connectivity index (χ1n) is 9.04. The number of carbonyl (C=O) groups excluding carboxylic acids is 2. The highest BCUT2D eigenvalue weighted by molar-refractivity contribution is 6.66. The molecule has 1 aliphatic rings. The first-order chi connectivity index (χ1) is 12.7. The Labute approximate surface area is 163 Å². The summed E-state index contributed by atoms with van der Waals surface area (Å²) in [4.78, 5) is 32.4. The predicted molar refractivity (Wildman–Crippen MR) is 105 cm³/mol. The van der Waals surface area contributed by atoms with E-state index in [1.807, 2.05) is 50.7 Å². The zero-order valence-corrected chi connectivity index (χ0v) is 16.9. The van der Waals surface area contributed by atoms with Crippen molar-refractivity contribution in [3.63, 3.8) is 0 Å². The number of halogens is 1. The van der Waals surface area contributed by atoms with Crippen LogP contribution in [-0.4, -0.2) is 50.6 Å². The fourth-order valence-electron chi connectivity index (χ4n) is 3.45. The minimum Gasteiger partial charge on any atom is -0.444 e. The number of aryl methyl sites for hydroxylation is 1. The second kappa shape index (κ2) is 7.38. The van der Waals surface area contributed by atoms with Crippen LogP contribution in [0, 0.1) is 0 Å². The molecule has 27 heavy (non-hydrogen) atoms. The normalized spacial score (nSPS) is 17.8. The summed E-state index contributed by atoms with van der Waals surface area (Å²) in [6, 6.07) is 3.60. The van der Waals surface area contributed by atoms with Crippen molar-refractivity contribution in [2.24, 2.45) is 7.05 Å². The molecule has 2 amide bonds. The average Bonchev–Trinajstić information content (AvgIpc) is 2.96. The Kier molecular flexibility index (Phi) is 5.33. The van der Waals surface area contributed by atoms with Gasteiger partial charge in [-0.3, -0.25) is 9.69 Å². The standard InChI is InChI=1S/C19H25ClN4O3/c1-19(2,3)27-18(26)23-10-5-6-14(12-23)24(17(20)25)16-15-13(7-9-21-16)8-11-22(15)4/h7-9,11,14H,5-6,10,12H2,1-4H3/t14-/m1/s1.